The molecular weight excluding hydrogens is 452 g/mol. The number of pyridine rings is 1. The number of aromatic nitrogens is 4. The molecule has 0 amide bonds. The van der Waals surface area contributed by atoms with Crippen molar-refractivity contribution in [2.45, 2.75) is 17.2 Å². The third kappa shape index (κ3) is 4.10. The molecule has 0 saturated heterocycles. The summed E-state index contributed by atoms with van der Waals surface area (Å²) in [5, 5.41) is -0.221. The molecule has 4 aromatic rings. The average Bonchev–Trinajstić information content (AvgIpc) is 3.33. The van der Waals surface area contributed by atoms with Crippen molar-refractivity contribution in [2.24, 2.45) is 4.36 Å². The van der Waals surface area contributed by atoms with E-state index in [0.717, 1.165) is 0 Å². The zero-order valence-corrected chi connectivity index (χ0v) is 18.1. The van der Waals surface area contributed by atoms with Gasteiger partial charge in [-0.25, -0.2) is 9.19 Å². The predicted molar refractivity (Wildman–Crippen MR) is 110 cm³/mol. The molecule has 31 heavy (non-hydrogen) atoms. The Balaban J connectivity index is 1.76. The molecule has 1 unspecified atom stereocenters. The summed E-state index contributed by atoms with van der Waals surface area (Å²) < 4.78 is 55.3. The van der Waals surface area contributed by atoms with Crippen LogP contribution in [0.15, 0.2) is 56.4 Å². The van der Waals surface area contributed by atoms with Crippen LogP contribution in [0.4, 0.5) is 14.6 Å². The van der Waals surface area contributed by atoms with Crippen molar-refractivity contribution < 1.29 is 22.2 Å². The molecule has 1 atom stereocenters. The van der Waals surface area contributed by atoms with Gasteiger partial charge in [0.2, 0.25) is 5.82 Å². The molecule has 4 rings (SSSR count). The first-order chi connectivity index (χ1) is 14.6. The van der Waals surface area contributed by atoms with E-state index >= 15 is 0 Å². The number of hydrogen-bond donors (Lipinski definition) is 0. The monoisotopic (exact) mass is 467 g/mol. The second kappa shape index (κ2) is 7.57. The lowest BCUT2D eigenvalue weighted by atomic mass is 10.2. The Morgan fingerprint density at radius 2 is 1.94 bits per heavy atom. The highest BCUT2D eigenvalue weighted by Crippen LogP contribution is 2.33. The number of fused-ring (bicyclic) bond motifs is 1. The lowest BCUT2D eigenvalue weighted by Gasteiger charge is -2.06. The maximum absolute atomic E-state index is 13.3. The Labute approximate surface area is 181 Å². The fourth-order valence-electron chi connectivity index (χ4n) is 2.90. The van der Waals surface area contributed by atoms with Gasteiger partial charge in [0.25, 0.3) is 0 Å². The first-order valence-corrected chi connectivity index (χ1v) is 11.1. The summed E-state index contributed by atoms with van der Waals surface area (Å²) in [7, 11) is -1.23. The van der Waals surface area contributed by atoms with Crippen LogP contribution in [0, 0.1) is 6.92 Å². The molecule has 0 fully saturated rings. The van der Waals surface area contributed by atoms with Crippen molar-refractivity contribution >= 4 is 32.8 Å². The zero-order valence-electron chi connectivity index (χ0n) is 16.5. The second-order valence-corrected chi connectivity index (χ2v) is 9.39. The molecule has 1 aromatic carbocycles. The molecule has 8 nitrogen and oxygen atoms in total. The summed E-state index contributed by atoms with van der Waals surface area (Å²) in [5.41, 5.74) is 1.39. The summed E-state index contributed by atoms with van der Waals surface area (Å²) in [6.07, 6.45) is 3.15. The summed E-state index contributed by atoms with van der Waals surface area (Å²) in [4.78, 5) is 8.59. The van der Waals surface area contributed by atoms with E-state index in [-0.39, 0.29) is 5.82 Å². The molecule has 3 aromatic heterocycles. The molecule has 12 heteroatoms. The largest absolute Gasteiger partial charge is 0.497 e. The topological polar surface area (TPSA) is 94.9 Å². The van der Waals surface area contributed by atoms with Gasteiger partial charge in [-0.05, 0) is 54.9 Å². The normalized spacial score (nSPS) is 13.9. The van der Waals surface area contributed by atoms with E-state index in [1.165, 1.54) is 6.26 Å². The van der Waals surface area contributed by atoms with Crippen molar-refractivity contribution in [3.05, 3.63) is 54.2 Å². The molecule has 3 heterocycles. The smallest absolute Gasteiger partial charge is 0.400 e. The van der Waals surface area contributed by atoms with Crippen molar-refractivity contribution in [1.82, 2.24) is 19.5 Å². The minimum Gasteiger partial charge on any atom is -0.497 e. The van der Waals surface area contributed by atoms with Gasteiger partial charge < -0.3 is 9.26 Å². The number of nitrogens with zero attached hydrogens (tertiary/aromatic N) is 5. The number of aryl methyl sites for hydroxylation is 1. The minimum atomic E-state index is -3.76. The number of imidazole rings is 1. The van der Waals surface area contributed by atoms with Crippen molar-refractivity contribution in [3.63, 3.8) is 0 Å². The van der Waals surface area contributed by atoms with Gasteiger partial charge in [-0.1, -0.05) is 5.16 Å². The first kappa shape index (κ1) is 21.2. The lowest BCUT2D eigenvalue weighted by molar-refractivity contribution is 0.0551. The number of hydrogen-bond acceptors (Lipinski definition) is 7. The number of methoxy groups -OCH3 is 1. The van der Waals surface area contributed by atoms with E-state index in [2.05, 4.69) is 24.0 Å². The third-order valence-corrected chi connectivity index (χ3v) is 6.28. The van der Waals surface area contributed by atoms with Crippen LogP contribution >= 0.6 is 11.6 Å². The highest BCUT2D eigenvalue weighted by molar-refractivity contribution is 7.93. The van der Waals surface area contributed by atoms with E-state index in [1.54, 1.807) is 61.0 Å². The fourth-order valence-corrected chi connectivity index (χ4v) is 4.27. The van der Waals surface area contributed by atoms with Crippen LogP contribution in [0.25, 0.3) is 17.0 Å². The van der Waals surface area contributed by atoms with Crippen LogP contribution in [-0.4, -0.2) is 37.1 Å². The summed E-state index contributed by atoms with van der Waals surface area (Å²) >= 11 is 4.91. The van der Waals surface area contributed by atoms with Gasteiger partial charge in [-0.15, -0.1) is 0 Å². The number of alkyl halides is 3. The van der Waals surface area contributed by atoms with E-state index in [9.17, 15) is 13.0 Å². The number of benzene rings is 1. The van der Waals surface area contributed by atoms with Gasteiger partial charge in [0.05, 0.1) is 22.5 Å². The van der Waals surface area contributed by atoms with Gasteiger partial charge in [-0.3, -0.25) is 4.40 Å². The summed E-state index contributed by atoms with van der Waals surface area (Å²) in [6, 6.07) is 9.98. The zero-order chi connectivity index (χ0) is 22.4. The number of halogens is 3. The van der Waals surface area contributed by atoms with Crippen LogP contribution in [0.3, 0.4) is 0 Å². The van der Waals surface area contributed by atoms with E-state index in [1.807, 2.05) is 0 Å². The Kier molecular flexibility index (Phi) is 5.18. The molecule has 0 spiro atoms. The van der Waals surface area contributed by atoms with Crippen LogP contribution in [0.2, 0.25) is 0 Å². The molecule has 0 saturated carbocycles. The molecule has 0 aliphatic carbocycles. The number of ether oxygens (including phenoxy) is 1. The molecule has 0 radical (unpaired) electrons. The Hall–Kier alpha value is -3.05. The van der Waals surface area contributed by atoms with E-state index in [0.29, 0.717) is 33.4 Å². The van der Waals surface area contributed by atoms with Gasteiger partial charge >= 0.3 is 11.3 Å². The van der Waals surface area contributed by atoms with Gasteiger partial charge in [-0.2, -0.15) is 18.1 Å². The van der Waals surface area contributed by atoms with E-state index < -0.39 is 21.0 Å². The molecule has 162 valence electrons. The van der Waals surface area contributed by atoms with Crippen LogP contribution in [-0.2, 0) is 15.1 Å². The minimum absolute atomic E-state index is 0.0607. The molecular formula is C19H16ClF2N5O3S. The predicted octanol–water partition coefficient (Wildman–Crippen LogP) is 4.78. The Morgan fingerprint density at radius 1 is 1.23 bits per heavy atom. The van der Waals surface area contributed by atoms with Crippen molar-refractivity contribution in [1.29, 1.82) is 0 Å². The van der Waals surface area contributed by atoms with Gasteiger partial charge in [0, 0.05) is 22.9 Å². The Bertz CT molecular complexity index is 1390. The lowest BCUT2D eigenvalue weighted by Crippen LogP contribution is -2.03. The van der Waals surface area contributed by atoms with Crippen molar-refractivity contribution in [2.75, 3.05) is 13.4 Å². The van der Waals surface area contributed by atoms with Gasteiger partial charge in [0.1, 0.15) is 11.4 Å². The molecule has 0 aliphatic heterocycles. The quantitative estimate of drug-likeness (QED) is 0.392. The van der Waals surface area contributed by atoms with E-state index in [4.69, 9.17) is 16.3 Å². The van der Waals surface area contributed by atoms with Gasteiger partial charge in [0.15, 0.2) is 5.82 Å². The van der Waals surface area contributed by atoms with Crippen LogP contribution in [0.5, 0.6) is 5.75 Å². The molecule has 0 N–H and O–H groups in total. The standard InChI is InChI=1S/C19H16ClF2N5O3S/c1-11-17(26-31(3,28)14-6-4-13(29-2)5-7-14)27-9-8-12(10-15(27)23-11)16-24-18(30-25-16)19(20,21)22/h4-10H,1-3H3. The van der Waals surface area contributed by atoms with Crippen LogP contribution < -0.4 is 4.74 Å². The fraction of sp³-hybridized carbons (Fsp3) is 0.211. The molecule has 0 bridgehead atoms. The molecule has 0 aliphatic rings. The summed E-state index contributed by atoms with van der Waals surface area (Å²) in [5.74, 6) is -0.000993. The maximum atomic E-state index is 13.3. The summed E-state index contributed by atoms with van der Waals surface area (Å²) in [6.45, 7) is 1.73. The second-order valence-electron chi connectivity index (χ2n) is 6.65. The van der Waals surface area contributed by atoms with Crippen LogP contribution in [0.1, 0.15) is 11.6 Å². The highest BCUT2D eigenvalue weighted by atomic mass is 35.5. The third-order valence-electron chi connectivity index (χ3n) is 4.45. The average molecular weight is 468 g/mol. The maximum Gasteiger partial charge on any atom is 0.400 e. The van der Waals surface area contributed by atoms with Crippen molar-refractivity contribution in [3.8, 4) is 17.1 Å². The highest BCUT2D eigenvalue weighted by Gasteiger charge is 2.35. The Morgan fingerprint density at radius 3 is 2.55 bits per heavy atom. The first-order valence-electron chi connectivity index (χ1n) is 8.85. The number of rotatable bonds is 5. The SMILES string of the molecule is COc1ccc(S(C)(=O)=Nc2c(C)nc3cc(-c4noc(C(F)(F)Cl)n4)ccn23)cc1.